The van der Waals surface area contributed by atoms with Gasteiger partial charge in [0, 0.05) is 25.0 Å². The van der Waals surface area contributed by atoms with Crippen LogP contribution in [0.3, 0.4) is 0 Å². The molecule has 2 aromatic rings. The van der Waals surface area contributed by atoms with Gasteiger partial charge in [-0.15, -0.1) is 0 Å². The molecule has 2 heterocycles. The first-order valence-corrected chi connectivity index (χ1v) is 5.05. The maximum absolute atomic E-state index is 11.4. The summed E-state index contributed by atoms with van der Waals surface area (Å²) in [4.78, 5) is 19.4. The molecule has 0 bridgehead atoms. The van der Waals surface area contributed by atoms with Crippen molar-refractivity contribution in [3.8, 4) is 17.0 Å². The van der Waals surface area contributed by atoms with Crippen molar-refractivity contribution in [2.75, 3.05) is 7.05 Å². The minimum absolute atomic E-state index is 0.0709. The van der Waals surface area contributed by atoms with Gasteiger partial charge in [-0.3, -0.25) is 14.8 Å². The van der Waals surface area contributed by atoms with Gasteiger partial charge in [-0.25, -0.2) is 0 Å². The molecule has 0 aliphatic heterocycles. The van der Waals surface area contributed by atoms with E-state index in [1.807, 2.05) is 0 Å². The maximum atomic E-state index is 11.4. The Balaban J connectivity index is 2.47. The van der Waals surface area contributed by atoms with E-state index in [4.69, 9.17) is 0 Å². The Morgan fingerprint density at radius 2 is 2.12 bits per heavy atom. The van der Waals surface area contributed by atoms with Gasteiger partial charge in [0.2, 0.25) is 0 Å². The fourth-order valence-corrected chi connectivity index (χ4v) is 1.45. The van der Waals surface area contributed by atoms with Gasteiger partial charge in [-0.1, -0.05) is 0 Å². The molecule has 2 rings (SSSR count). The summed E-state index contributed by atoms with van der Waals surface area (Å²) in [6.45, 7) is 0. The van der Waals surface area contributed by atoms with Crippen molar-refractivity contribution >= 4 is 5.91 Å². The van der Waals surface area contributed by atoms with Gasteiger partial charge in [-0.05, 0) is 24.3 Å². The molecule has 0 fully saturated rings. The molecule has 1 amide bonds. The smallest absolute Gasteiger partial charge is 0.269 e. The lowest BCUT2D eigenvalue weighted by atomic mass is 10.1. The first kappa shape index (κ1) is 11.1. The molecular formula is C12H11N3O2. The second kappa shape index (κ2) is 4.61. The van der Waals surface area contributed by atoms with Crippen LogP contribution in [0.1, 0.15) is 10.5 Å². The zero-order valence-corrected chi connectivity index (χ0v) is 9.21. The van der Waals surface area contributed by atoms with Crippen LogP contribution in [0.4, 0.5) is 0 Å². The molecule has 5 heteroatoms. The number of rotatable bonds is 2. The Labute approximate surface area is 98.2 Å². The second-order valence-corrected chi connectivity index (χ2v) is 3.38. The molecule has 0 atom stereocenters. The zero-order chi connectivity index (χ0) is 12.3. The number of carbonyl (C=O) groups is 1. The highest BCUT2D eigenvalue weighted by Gasteiger charge is 2.09. The number of amides is 1. The zero-order valence-electron chi connectivity index (χ0n) is 9.21. The second-order valence-electron chi connectivity index (χ2n) is 3.38. The van der Waals surface area contributed by atoms with Gasteiger partial charge in [0.1, 0.15) is 17.1 Å². The lowest BCUT2D eigenvalue weighted by molar-refractivity contribution is 0.0958. The minimum Gasteiger partial charge on any atom is -0.506 e. The van der Waals surface area contributed by atoms with Gasteiger partial charge in [0.05, 0.1) is 0 Å². The number of hydrogen-bond donors (Lipinski definition) is 2. The molecule has 0 radical (unpaired) electrons. The van der Waals surface area contributed by atoms with Gasteiger partial charge in [0.25, 0.3) is 5.91 Å². The highest BCUT2D eigenvalue weighted by atomic mass is 16.3. The molecule has 5 nitrogen and oxygen atoms in total. The number of nitrogens with one attached hydrogen (secondary N) is 1. The van der Waals surface area contributed by atoms with Gasteiger partial charge >= 0.3 is 0 Å². The third kappa shape index (κ3) is 2.23. The Hall–Kier alpha value is -2.43. The molecule has 0 aromatic carbocycles. The number of aromatic nitrogens is 2. The van der Waals surface area contributed by atoms with Crippen LogP contribution in [0, 0.1) is 0 Å². The van der Waals surface area contributed by atoms with E-state index in [0.29, 0.717) is 11.3 Å². The van der Waals surface area contributed by atoms with Gasteiger partial charge in [0.15, 0.2) is 0 Å². The van der Waals surface area contributed by atoms with Crippen molar-refractivity contribution in [2.24, 2.45) is 0 Å². The highest BCUT2D eigenvalue weighted by molar-refractivity contribution is 5.93. The Morgan fingerprint density at radius 1 is 1.29 bits per heavy atom. The molecule has 0 aliphatic carbocycles. The highest BCUT2D eigenvalue weighted by Crippen LogP contribution is 2.25. The van der Waals surface area contributed by atoms with Crippen molar-refractivity contribution in [3.63, 3.8) is 0 Å². The van der Waals surface area contributed by atoms with E-state index < -0.39 is 0 Å². The molecule has 2 aromatic heterocycles. The lowest BCUT2D eigenvalue weighted by Crippen LogP contribution is -2.19. The maximum Gasteiger partial charge on any atom is 0.269 e. The fourth-order valence-electron chi connectivity index (χ4n) is 1.45. The van der Waals surface area contributed by atoms with E-state index in [1.54, 1.807) is 30.5 Å². The van der Waals surface area contributed by atoms with E-state index in [0.717, 1.165) is 0 Å². The monoisotopic (exact) mass is 229 g/mol. The van der Waals surface area contributed by atoms with Crippen molar-refractivity contribution < 1.29 is 9.90 Å². The topological polar surface area (TPSA) is 75.1 Å². The summed E-state index contributed by atoms with van der Waals surface area (Å²) >= 11 is 0. The lowest BCUT2D eigenvalue weighted by Gasteiger charge is -2.04. The van der Waals surface area contributed by atoms with Crippen molar-refractivity contribution in [1.29, 1.82) is 0 Å². The normalized spacial score (nSPS) is 9.94. The van der Waals surface area contributed by atoms with Crippen molar-refractivity contribution in [3.05, 3.63) is 42.4 Å². The van der Waals surface area contributed by atoms with Crippen LogP contribution >= 0.6 is 0 Å². The molecule has 0 aliphatic rings. The van der Waals surface area contributed by atoms with E-state index in [9.17, 15) is 9.90 Å². The largest absolute Gasteiger partial charge is 0.506 e. The Morgan fingerprint density at radius 3 is 2.82 bits per heavy atom. The van der Waals surface area contributed by atoms with E-state index >= 15 is 0 Å². The van der Waals surface area contributed by atoms with Crippen LogP contribution in [-0.2, 0) is 0 Å². The molecule has 0 saturated heterocycles. The SMILES string of the molecule is CNC(=O)c1cc(-c2ncccc2O)ccn1. The number of aromatic hydroxyl groups is 1. The summed E-state index contributed by atoms with van der Waals surface area (Å²) in [6, 6.07) is 6.46. The molecule has 0 spiro atoms. The summed E-state index contributed by atoms with van der Waals surface area (Å²) in [5.74, 6) is -0.205. The summed E-state index contributed by atoms with van der Waals surface area (Å²) in [6.07, 6.45) is 3.09. The molecule has 86 valence electrons. The van der Waals surface area contributed by atoms with Crippen LogP contribution in [0.25, 0.3) is 11.3 Å². The molecular weight excluding hydrogens is 218 g/mol. The van der Waals surface area contributed by atoms with E-state index in [-0.39, 0.29) is 17.4 Å². The molecule has 17 heavy (non-hydrogen) atoms. The predicted octanol–water partition coefficient (Wildman–Crippen LogP) is 1.21. The van der Waals surface area contributed by atoms with Crippen LogP contribution in [0.5, 0.6) is 5.75 Å². The van der Waals surface area contributed by atoms with Crippen LogP contribution in [0.2, 0.25) is 0 Å². The van der Waals surface area contributed by atoms with Crippen molar-refractivity contribution in [1.82, 2.24) is 15.3 Å². The van der Waals surface area contributed by atoms with Crippen LogP contribution in [-0.4, -0.2) is 28.0 Å². The molecule has 2 N–H and O–H groups in total. The average molecular weight is 229 g/mol. The molecule has 0 saturated carbocycles. The van der Waals surface area contributed by atoms with Crippen LogP contribution < -0.4 is 5.32 Å². The van der Waals surface area contributed by atoms with Crippen molar-refractivity contribution in [2.45, 2.75) is 0 Å². The van der Waals surface area contributed by atoms with E-state index in [2.05, 4.69) is 15.3 Å². The third-order valence-corrected chi connectivity index (χ3v) is 2.28. The van der Waals surface area contributed by atoms with Crippen LogP contribution in [0.15, 0.2) is 36.7 Å². The number of nitrogens with zero attached hydrogens (tertiary/aromatic N) is 2. The number of pyridine rings is 2. The standard InChI is InChI=1S/C12H11N3O2/c1-13-12(17)9-7-8(4-6-14-9)11-10(16)3-2-5-15-11/h2-7,16H,1H3,(H,13,17). The quantitative estimate of drug-likeness (QED) is 0.811. The van der Waals surface area contributed by atoms with Gasteiger partial charge in [-0.2, -0.15) is 0 Å². The first-order chi connectivity index (χ1) is 8.22. The Bertz CT molecular complexity index is 555. The van der Waals surface area contributed by atoms with E-state index in [1.165, 1.54) is 13.2 Å². The summed E-state index contributed by atoms with van der Waals surface area (Å²) < 4.78 is 0. The number of hydrogen-bond acceptors (Lipinski definition) is 4. The predicted molar refractivity (Wildman–Crippen MR) is 62.5 cm³/mol. The minimum atomic E-state index is -0.276. The summed E-state index contributed by atoms with van der Waals surface area (Å²) in [5, 5.41) is 12.2. The number of carbonyl (C=O) groups excluding carboxylic acids is 1. The third-order valence-electron chi connectivity index (χ3n) is 2.28. The van der Waals surface area contributed by atoms with Gasteiger partial charge < -0.3 is 10.4 Å². The Kier molecular flexibility index (Phi) is 3.00. The molecule has 0 unspecified atom stereocenters. The summed E-state index contributed by atoms with van der Waals surface area (Å²) in [7, 11) is 1.54. The first-order valence-electron chi connectivity index (χ1n) is 5.05. The average Bonchev–Trinajstić information content (AvgIpc) is 2.38. The fraction of sp³-hybridized carbons (Fsp3) is 0.0833. The summed E-state index contributed by atoms with van der Waals surface area (Å²) in [5.41, 5.74) is 1.37.